The standard InChI is InChI=1S/C11H16ClNO5S/c1-17-7-8(6-14)13-19(15,16)9-3-4-11(18-2)10(12)5-9/h3-5,8,13-14H,6-7H2,1-2H3. The van der Waals surface area contributed by atoms with E-state index in [9.17, 15) is 8.42 Å². The van der Waals surface area contributed by atoms with Gasteiger partial charge in [0.1, 0.15) is 5.75 Å². The molecule has 1 unspecified atom stereocenters. The Morgan fingerprint density at radius 3 is 2.58 bits per heavy atom. The summed E-state index contributed by atoms with van der Waals surface area (Å²) in [4.78, 5) is -0.00662. The predicted molar refractivity (Wildman–Crippen MR) is 71.1 cm³/mol. The maximum absolute atomic E-state index is 12.1. The Morgan fingerprint density at radius 2 is 2.11 bits per heavy atom. The molecule has 0 spiro atoms. The maximum atomic E-state index is 12.1. The molecule has 0 heterocycles. The summed E-state index contributed by atoms with van der Waals surface area (Å²) in [5.74, 6) is 0.385. The largest absolute Gasteiger partial charge is 0.495 e. The van der Waals surface area contributed by atoms with Crippen molar-refractivity contribution in [1.82, 2.24) is 4.72 Å². The second-order valence-electron chi connectivity index (χ2n) is 3.75. The summed E-state index contributed by atoms with van der Waals surface area (Å²) >= 11 is 5.88. The molecule has 19 heavy (non-hydrogen) atoms. The zero-order valence-corrected chi connectivity index (χ0v) is 12.2. The lowest BCUT2D eigenvalue weighted by molar-refractivity contribution is 0.139. The topological polar surface area (TPSA) is 84.9 Å². The lowest BCUT2D eigenvalue weighted by Crippen LogP contribution is -2.40. The lowest BCUT2D eigenvalue weighted by Gasteiger charge is -2.15. The number of sulfonamides is 1. The van der Waals surface area contributed by atoms with Gasteiger partial charge in [-0.15, -0.1) is 0 Å². The van der Waals surface area contributed by atoms with E-state index in [1.807, 2.05) is 0 Å². The molecule has 0 radical (unpaired) electrons. The summed E-state index contributed by atoms with van der Waals surface area (Å²) in [7, 11) is -0.915. The minimum Gasteiger partial charge on any atom is -0.495 e. The fraction of sp³-hybridized carbons (Fsp3) is 0.455. The summed E-state index contributed by atoms with van der Waals surface area (Å²) < 4.78 is 36.2. The second kappa shape index (κ2) is 7.06. The normalized spacial score (nSPS) is 13.3. The number of nitrogens with one attached hydrogen (secondary N) is 1. The molecule has 8 heteroatoms. The van der Waals surface area contributed by atoms with E-state index in [-0.39, 0.29) is 23.1 Å². The summed E-state index contributed by atoms with van der Waals surface area (Å²) in [6.07, 6.45) is 0. The monoisotopic (exact) mass is 309 g/mol. The van der Waals surface area contributed by atoms with Crippen molar-refractivity contribution < 1.29 is 23.0 Å². The number of ether oxygens (including phenoxy) is 2. The van der Waals surface area contributed by atoms with Gasteiger partial charge in [-0.2, -0.15) is 0 Å². The Kier molecular flexibility index (Phi) is 6.02. The molecule has 6 nitrogen and oxygen atoms in total. The molecule has 0 aliphatic rings. The quantitative estimate of drug-likeness (QED) is 0.772. The Morgan fingerprint density at radius 1 is 1.42 bits per heavy atom. The third-order valence-electron chi connectivity index (χ3n) is 2.34. The number of hydrogen-bond donors (Lipinski definition) is 2. The number of methoxy groups -OCH3 is 2. The van der Waals surface area contributed by atoms with Crippen LogP contribution in [0.1, 0.15) is 0 Å². The third-order valence-corrected chi connectivity index (χ3v) is 4.16. The number of benzene rings is 1. The average Bonchev–Trinajstić information content (AvgIpc) is 2.37. The fourth-order valence-corrected chi connectivity index (χ4v) is 2.99. The highest BCUT2D eigenvalue weighted by molar-refractivity contribution is 7.89. The molecule has 1 aromatic rings. The van der Waals surface area contributed by atoms with E-state index in [1.54, 1.807) is 0 Å². The van der Waals surface area contributed by atoms with E-state index in [4.69, 9.17) is 26.2 Å². The molecule has 0 bridgehead atoms. The van der Waals surface area contributed by atoms with Crippen LogP contribution in [0.5, 0.6) is 5.75 Å². The molecular weight excluding hydrogens is 294 g/mol. The molecule has 108 valence electrons. The van der Waals surface area contributed by atoms with Crippen molar-refractivity contribution in [3.05, 3.63) is 23.2 Å². The van der Waals surface area contributed by atoms with Crippen LogP contribution in [0.2, 0.25) is 5.02 Å². The van der Waals surface area contributed by atoms with Crippen LogP contribution in [0.15, 0.2) is 23.1 Å². The molecular formula is C11H16ClNO5S. The maximum Gasteiger partial charge on any atom is 0.241 e. The summed E-state index contributed by atoms with van der Waals surface area (Å²) in [5, 5.41) is 9.24. The molecule has 0 fully saturated rings. The Labute approximate surface area is 117 Å². The van der Waals surface area contributed by atoms with Crippen molar-refractivity contribution in [2.45, 2.75) is 10.9 Å². The minimum absolute atomic E-state index is 0.00662. The summed E-state index contributed by atoms with van der Waals surface area (Å²) in [6.45, 7) is -0.295. The van der Waals surface area contributed by atoms with Crippen molar-refractivity contribution in [2.75, 3.05) is 27.4 Å². The SMILES string of the molecule is COCC(CO)NS(=O)(=O)c1ccc(OC)c(Cl)c1. The molecule has 0 amide bonds. The first-order valence-corrected chi connectivity index (χ1v) is 7.26. The van der Waals surface area contributed by atoms with E-state index in [1.165, 1.54) is 32.4 Å². The van der Waals surface area contributed by atoms with Crippen molar-refractivity contribution in [1.29, 1.82) is 0 Å². The lowest BCUT2D eigenvalue weighted by atomic mass is 10.3. The predicted octanol–water partition coefficient (Wildman–Crippen LogP) is 0.634. The van der Waals surface area contributed by atoms with Gasteiger partial charge in [0.25, 0.3) is 0 Å². The minimum atomic E-state index is -3.77. The first-order chi connectivity index (χ1) is 8.94. The Hall–Kier alpha value is -0.860. The smallest absolute Gasteiger partial charge is 0.241 e. The van der Waals surface area contributed by atoms with E-state index >= 15 is 0 Å². The number of aliphatic hydroxyl groups is 1. The zero-order valence-electron chi connectivity index (χ0n) is 10.6. The molecule has 0 saturated heterocycles. The summed E-state index contributed by atoms with van der Waals surface area (Å²) in [5.41, 5.74) is 0. The van der Waals surface area contributed by atoms with Crippen LogP contribution in [0.25, 0.3) is 0 Å². The highest BCUT2D eigenvalue weighted by Gasteiger charge is 2.20. The van der Waals surface area contributed by atoms with Gasteiger partial charge >= 0.3 is 0 Å². The fourth-order valence-electron chi connectivity index (χ4n) is 1.43. The first kappa shape index (κ1) is 16.2. The van der Waals surface area contributed by atoms with Crippen molar-refractivity contribution in [3.8, 4) is 5.75 Å². The van der Waals surface area contributed by atoms with Crippen LogP contribution >= 0.6 is 11.6 Å². The van der Waals surface area contributed by atoms with Gasteiger partial charge in [-0.25, -0.2) is 13.1 Å². The highest BCUT2D eigenvalue weighted by Crippen LogP contribution is 2.26. The van der Waals surface area contributed by atoms with Crippen LogP contribution in [0.3, 0.4) is 0 Å². The van der Waals surface area contributed by atoms with Crippen molar-refractivity contribution in [2.24, 2.45) is 0 Å². The van der Waals surface area contributed by atoms with Gasteiger partial charge in [0.15, 0.2) is 0 Å². The highest BCUT2D eigenvalue weighted by atomic mass is 35.5. The number of hydrogen-bond acceptors (Lipinski definition) is 5. The van der Waals surface area contributed by atoms with Gasteiger partial charge in [-0.05, 0) is 18.2 Å². The Bertz CT molecular complexity index is 520. The van der Waals surface area contributed by atoms with Gasteiger partial charge in [-0.1, -0.05) is 11.6 Å². The van der Waals surface area contributed by atoms with Gasteiger partial charge in [0.2, 0.25) is 10.0 Å². The van der Waals surface area contributed by atoms with Crippen molar-refractivity contribution >= 4 is 21.6 Å². The summed E-state index contributed by atoms with van der Waals surface area (Å²) in [6, 6.07) is 3.40. The Balaban J connectivity index is 2.96. The van der Waals surface area contributed by atoms with Crippen molar-refractivity contribution in [3.63, 3.8) is 0 Å². The van der Waals surface area contributed by atoms with Crippen LogP contribution < -0.4 is 9.46 Å². The molecule has 2 N–H and O–H groups in total. The van der Waals surface area contributed by atoms with Gasteiger partial charge in [0.05, 0.1) is 36.3 Å². The molecule has 0 aromatic heterocycles. The van der Waals surface area contributed by atoms with Crippen LogP contribution in [-0.4, -0.2) is 47.0 Å². The second-order valence-corrected chi connectivity index (χ2v) is 5.87. The van der Waals surface area contributed by atoms with E-state index < -0.39 is 16.1 Å². The van der Waals surface area contributed by atoms with Gasteiger partial charge in [-0.3, -0.25) is 0 Å². The van der Waals surface area contributed by atoms with Gasteiger partial charge < -0.3 is 14.6 Å². The van der Waals surface area contributed by atoms with Crippen LogP contribution in [-0.2, 0) is 14.8 Å². The van der Waals surface area contributed by atoms with E-state index in [0.717, 1.165) is 0 Å². The van der Waals surface area contributed by atoms with E-state index in [2.05, 4.69) is 4.72 Å². The molecule has 0 saturated carbocycles. The zero-order chi connectivity index (χ0) is 14.5. The number of rotatable bonds is 7. The molecule has 1 atom stereocenters. The molecule has 0 aliphatic heterocycles. The first-order valence-electron chi connectivity index (χ1n) is 5.40. The molecule has 0 aliphatic carbocycles. The van der Waals surface area contributed by atoms with Crippen LogP contribution in [0, 0.1) is 0 Å². The van der Waals surface area contributed by atoms with E-state index in [0.29, 0.717) is 5.75 Å². The van der Waals surface area contributed by atoms with Crippen LogP contribution in [0.4, 0.5) is 0 Å². The third kappa shape index (κ3) is 4.32. The average molecular weight is 310 g/mol. The molecule has 1 rings (SSSR count). The number of halogens is 1. The van der Waals surface area contributed by atoms with Gasteiger partial charge in [0, 0.05) is 7.11 Å². The molecule has 1 aromatic carbocycles. The number of aliphatic hydroxyl groups excluding tert-OH is 1.